The molecule has 1 fully saturated rings. The maximum absolute atomic E-state index is 14.1. The molecule has 0 bridgehead atoms. The summed E-state index contributed by atoms with van der Waals surface area (Å²) in [7, 11) is 0. The van der Waals surface area contributed by atoms with Crippen LogP contribution in [-0.2, 0) is 0 Å². The SMILES string of the molecule is Cc1ccc(F)c(NC(c2ccc(F)cc2)C2CC2)c1F. The van der Waals surface area contributed by atoms with Gasteiger partial charge in [0.1, 0.15) is 17.3 Å². The van der Waals surface area contributed by atoms with E-state index in [0.717, 1.165) is 18.4 Å². The van der Waals surface area contributed by atoms with Crippen LogP contribution in [-0.4, -0.2) is 0 Å². The van der Waals surface area contributed by atoms with Crippen LogP contribution in [0.3, 0.4) is 0 Å². The zero-order valence-electron chi connectivity index (χ0n) is 11.7. The number of benzene rings is 2. The van der Waals surface area contributed by atoms with Crippen molar-refractivity contribution in [1.82, 2.24) is 0 Å². The van der Waals surface area contributed by atoms with Crippen LogP contribution in [0.5, 0.6) is 0 Å². The van der Waals surface area contributed by atoms with Crippen molar-refractivity contribution in [3.05, 3.63) is 65.0 Å². The second-order valence-electron chi connectivity index (χ2n) is 5.56. The molecule has 1 aliphatic rings. The van der Waals surface area contributed by atoms with Gasteiger partial charge < -0.3 is 5.32 Å². The van der Waals surface area contributed by atoms with Crippen LogP contribution in [0.4, 0.5) is 18.9 Å². The van der Waals surface area contributed by atoms with Gasteiger partial charge in [0.25, 0.3) is 0 Å². The molecule has 0 radical (unpaired) electrons. The number of nitrogens with one attached hydrogen (secondary N) is 1. The van der Waals surface area contributed by atoms with Crippen LogP contribution < -0.4 is 5.32 Å². The fourth-order valence-electron chi connectivity index (χ4n) is 2.52. The third-order valence-corrected chi connectivity index (χ3v) is 3.91. The molecule has 3 rings (SSSR count). The highest BCUT2D eigenvalue weighted by Crippen LogP contribution is 2.43. The van der Waals surface area contributed by atoms with E-state index in [1.165, 1.54) is 24.3 Å². The van der Waals surface area contributed by atoms with Gasteiger partial charge in [0.2, 0.25) is 0 Å². The lowest BCUT2D eigenvalue weighted by Crippen LogP contribution is -2.15. The monoisotopic (exact) mass is 291 g/mol. The number of rotatable bonds is 4. The standard InChI is InChI=1S/C17H16F3N/c1-10-2-9-14(19)17(15(10)20)21-16(11-3-4-11)12-5-7-13(18)8-6-12/h2,5-9,11,16,21H,3-4H2,1H3. The molecule has 21 heavy (non-hydrogen) atoms. The molecule has 2 aromatic rings. The molecule has 0 amide bonds. The number of hydrogen-bond donors (Lipinski definition) is 1. The largest absolute Gasteiger partial charge is 0.373 e. The van der Waals surface area contributed by atoms with Gasteiger partial charge in [0.15, 0.2) is 5.82 Å². The molecule has 2 aromatic carbocycles. The van der Waals surface area contributed by atoms with Gasteiger partial charge in [-0.1, -0.05) is 18.2 Å². The molecule has 1 saturated carbocycles. The average Bonchev–Trinajstić information content (AvgIpc) is 3.29. The molecule has 1 N–H and O–H groups in total. The summed E-state index contributed by atoms with van der Waals surface area (Å²) in [5, 5.41) is 2.98. The van der Waals surface area contributed by atoms with Gasteiger partial charge in [-0.2, -0.15) is 0 Å². The van der Waals surface area contributed by atoms with Crippen molar-refractivity contribution in [2.24, 2.45) is 5.92 Å². The van der Waals surface area contributed by atoms with E-state index in [4.69, 9.17) is 0 Å². The fraction of sp³-hybridized carbons (Fsp3) is 0.294. The molecule has 110 valence electrons. The summed E-state index contributed by atoms with van der Waals surface area (Å²) in [5.41, 5.74) is 1.14. The van der Waals surface area contributed by atoms with Crippen LogP contribution in [0, 0.1) is 30.3 Å². The Labute approximate surface area is 121 Å². The van der Waals surface area contributed by atoms with Gasteiger partial charge in [-0.3, -0.25) is 0 Å². The van der Waals surface area contributed by atoms with Crippen LogP contribution in [0.25, 0.3) is 0 Å². The van der Waals surface area contributed by atoms with E-state index in [-0.39, 0.29) is 17.5 Å². The number of aryl methyl sites for hydroxylation is 1. The molecule has 0 spiro atoms. The van der Waals surface area contributed by atoms with E-state index in [1.54, 1.807) is 19.1 Å². The van der Waals surface area contributed by atoms with Crippen LogP contribution in [0.15, 0.2) is 36.4 Å². The second kappa shape index (κ2) is 5.43. The van der Waals surface area contributed by atoms with Crippen molar-refractivity contribution >= 4 is 5.69 Å². The molecule has 0 heterocycles. The Morgan fingerprint density at radius 3 is 2.29 bits per heavy atom. The maximum Gasteiger partial charge on any atom is 0.152 e. The molecule has 1 aliphatic carbocycles. The average molecular weight is 291 g/mol. The maximum atomic E-state index is 14.1. The first kappa shape index (κ1) is 14.0. The van der Waals surface area contributed by atoms with Crippen LogP contribution in [0.1, 0.15) is 30.0 Å². The van der Waals surface area contributed by atoms with Crippen molar-refractivity contribution in [1.29, 1.82) is 0 Å². The number of anilines is 1. The first-order chi connectivity index (χ1) is 10.1. The van der Waals surface area contributed by atoms with Gasteiger partial charge in [0.05, 0.1) is 6.04 Å². The molecular formula is C17H16F3N. The summed E-state index contributed by atoms with van der Waals surface area (Å²) in [5.74, 6) is -1.16. The van der Waals surface area contributed by atoms with Crippen LogP contribution >= 0.6 is 0 Å². The van der Waals surface area contributed by atoms with Crippen molar-refractivity contribution in [3.8, 4) is 0 Å². The van der Waals surface area contributed by atoms with E-state index >= 15 is 0 Å². The molecule has 4 heteroatoms. The van der Waals surface area contributed by atoms with E-state index in [0.29, 0.717) is 11.5 Å². The second-order valence-corrected chi connectivity index (χ2v) is 5.56. The fourth-order valence-corrected chi connectivity index (χ4v) is 2.52. The van der Waals surface area contributed by atoms with Crippen molar-refractivity contribution in [3.63, 3.8) is 0 Å². The summed E-state index contributed by atoms with van der Waals surface area (Å²) in [4.78, 5) is 0. The lowest BCUT2D eigenvalue weighted by Gasteiger charge is -2.21. The van der Waals surface area contributed by atoms with Gasteiger partial charge in [-0.05, 0) is 55.0 Å². The molecule has 0 saturated heterocycles. The normalized spacial score (nSPS) is 15.8. The minimum absolute atomic E-state index is 0.101. The zero-order chi connectivity index (χ0) is 15.0. The predicted molar refractivity (Wildman–Crippen MR) is 76.6 cm³/mol. The first-order valence-corrected chi connectivity index (χ1v) is 7.03. The molecule has 0 aromatic heterocycles. The highest BCUT2D eigenvalue weighted by molar-refractivity contribution is 5.51. The first-order valence-electron chi connectivity index (χ1n) is 7.03. The van der Waals surface area contributed by atoms with Crippen molar-refractivity contribution < 1.29 is 13.2 Å². The summed E-state index contributed by atoms with van der Waals surface area (Å²) in [6.45, 7) is 1.60. The minimum atomic E-state index is -0.606. The highest BCUT2D eigenvalue weighted by Gasteiger charge is 2.33. The van der Waals surface area contributed by atoms with Gasteiger partial charge >= 0.3 is 0 Å². The Hall–Kier alpha value is -1.97. The summed E-state index contributed by atoms with van der Waals surface area (Å²) in [6.07, 6.45) is 2.01. The van der Waals surface area contributed by atoms with E-state index in [1.807, 2.05) is 0 Å². The van der Waals surface area contributed by atoms with Gasteiger partial charge in [-0.15, -0.1) is 0 Å². The molecule has 0 aliphatic heterocycles. The smallest absolute Gasteiger partial charge is 0.152 e. The molecule has 1 unspecified atom stereocenters. The van der Waals surface area contributed by atoms with Crippen molar-refractivity contribution in [2.45, 2.75) is 25.8 Å². The molecular weight excluding hydrogens is 275 g/mol. The Balaban J connectivity index is 1.93. The summed E-state index contributed by atoms with van der Waals surface area (Å²) in [6, 6.07) is 8.55. The third kappa shape index (κ3) is 2.89. The Morgan fingerprint density at radius 2 is 1.67 bits per heavy atom. The lowest BCUT2D eigenvalue weighted by atomic mass is 10.0. The lowest BCUT2D eigenvalue weighted by molar-refractivity contribution is 0.569. The number of hydrogen-bond acceptors (Lipinski definition) is 1. The predicted octanol–water partition coefficient (Wildman–Crippen LogP) is 4.98. The van der Waals surface area contributed by atoms with Crippen LogP contribution in [0.2, 0.25) is 0 Å². The Bertz CT molecular complexity index is 648. The van der Waals surface area contributed by atoms with E-state index in [2.05, 4.69) is 5.32 Å². The minimum Gasteiger partial charge on any atom is -0.373 e. The topological polar surface area (TPSA) is 12.0 Å². The van der Waals surface area contributed by atoms with Gasteiger partial charge in [0, 0.05) is 0 Å². The Kier molecular flexibility index (Phi) is 3.62. The molecule has 1 nitrogen and oxygen atoms in total. The van der Waals surface area contributed by atoms with E-state index in [9.17, 15) is 13.2 Å². The summed E-state index contributed by atoms with van der Waals surface area (Å²) < 4.78 is 41.1. The van der Waals surface area contributed by atoms with Gasteiger partial charge in [-0.25, -0.2) is 13.2 Å². The highest BCUT2D eigenvalue weighted by atomic mass is 19.1. The third-order valence-electron chi connectivity index (χ3n) is 3.91. The van der Waals surface area contributed by atoms with Crippen molar-refractivity contribution in [2.75, 3.05) is 5.32 Å². The number of halogens is 3. The summed E-state index contributed by atoms with van der Waals surface area (Å²) >= 11 is 0. The van der Waals surface area contributed by atoms with E-state index < -0.39 is 11.6 Å². The quantitative estimate of drug-likeness (QED) is 0.838. The zero-order valence-corrected chi connectivity index (χ0v) is 11.7. The Morgan fingerprint density at radius 1 is 1.00 bits per heavy atom. The molecule has 1 atom stereocenters.